The van der Waals surface area contributed by atoms with Gasteiger partial charge in [-0.2, -0.15) is 0 Å². The summed E-state index contributed by atoms with van der Waals surface area (Å²) in [6, 6.07) is 10.2. The molecule has 2 aromatic rings. The molecule has 0 saturated heterocycles. The van der Waals surface area contributed by atoms with Crippen LogP contribution in [0.3, 0.4) is 0 Å². The van der Waals surface area contributed by atoms with Crippen LogP contribution in [-0.4, -0.2) is 6.61 Å². The number of hydrogen-bond acceptors (Lipinski definition) is 2. The molecule has 3 rings (SSSR count). The average molecular weight is 398 g/mol. The van der Waals surface area contributed by atoms with Crippen LogP contribution in [0.5, 0.6) is 11.5 Å². The first-order valence-corrected chi connectivity index (χ1v) is 8.05. The molecular weight excluding hydrogens is 384 g/mol. The molecule has 0 amide bonds. The van der Waals surface area contributed by atoms with Gasteiger partial charge in [-0.3, -0.25) is 0 Å². The molecule has 0 spiro atoms. The second-order valence-electron chi connectivity index (χ2n) is 4.85. The third-order valence-electron chi connectivity index (χ3n) is 3.36. The highest BCUT2D eigenvalue weighted by molar-refractivity contribution is 9.10. The predicted octanol–water partition coefficient (Wildman–Crippen LogP) is 5.03. The van der Waals surface area contributed by atoms with Gasteiger partial charge in [0.2, 0.25) is 0 Å². The number of rotatable bonds is 3. The molecular formula is C16H14Br2O2. The molecule has 1 aliphatic heterocycles. The minimum atomic E-state index is 0.513. The van der Waals surface area contributed by atoms with Gasteiger partial charge >= 0.3 is 0 Å². The van der Waals surface area contributed by atoms with E-state index >= 15 is 0 Å². The summed E-state index contributed by atoms with van der Waals surface area (Å²) in [4.78, 5) is 0. The highest BCUT2D eigenvalue weighted by Crippen LogP contribution is 2.34. The van der Waals surface area contributed by atoms with Crippen LogP contribution in [-0.2, 0) is 13.0 Å². The minimum absolute atomic E-state index is 0.513. The highest BCUT2D eigenvalue weighted by Gasteiger charge is 2.18. The van der Waals surface area contributed by atoms with Crippen LogP contribution in [0.4, 0.5) is 0 Å². The Hall–Kier alpha value is -1.00. The summed E-state index contributed by atoms with van der Waals surface area (Å²) in [5.74, 6) is 1.88. The lowest BCUT2D eigenvalue weighted by Crippen LogP contribution is -2.00. The van der Waals surface area contributed by atoms with E-state index in [-0.39, 0.29) is 0 Å². The van der Waals surface area contributed by atoms with Crippen molar-refractivity contribution in [1.82, 2.24) is 0 Å². The van der Waals surface area contributed by atoms with E-state index in [2.05, 4.69) is 44.0 Å². The van der Waals surface area contributed by atoms with Crippen LogP contribution < -0.4 is 9.47 Å². The Bertz CT molecular complexity index is 653. The molecule has 0 N–H and O–H groups in total. The molecule has 0 unspecified atom stereocenters. The van der Waals surface area contributed by atoms with Gasteiger partial charge in [0.15, 0.2) is 0 Å². The lowest BCUT2D eigenvalue weighted by molar-refractivity contribution is 0.290. The van der Waals surface area contributed by atoms with Crippen LogP contribution in [0.15, 0.2) is 39.3 Å². The summed E-state index contributed by atoms with van der Waals surface area (Å²) in [6.07, 6.45) is 0.970. The molecule has 1 aliphatic rings. The quantitative estimate of drug-likeness (QED) is 0.722. The first-order valence-electron chi connectivity index (χ1n) is 6.46. The summed E-state index contributed by atoms with van der Waals surface area (Å²) in [5.41, 5.74) is 3.47. The number of hydrogen-bond donors (Lipinski definition) is 0. The molecule has 1 heterocycles. The standard InChI is InChI=1S/C16H14Br2O2/c1-10-2-3-13(17)8-15(10)20-9-12-7-14(18)6-11-4-5-19-16(11)12/h2-3,6-8H,4-5,9H2,1H3. The summed E-state index contributed by atoms with van der Waals surface area (Å²) < 4.78 is 13.8. The maximum Gasteiger partial charge on any atom is 0.129 e. The van der Waals surface area contributed by atoms with Crippen molar-refractivity contribution in [3.05, 3.63) is 56.0 Å². The fourth-order valence-corrected chi connectivity index (χ4v) is 3.23. The van der Waals surface area contributed by atoms with E-state index in [1.165, 1.54) is 5.56 Å². The second-order valence-corrected chi connectivity index (χ2v) is 6.68. The fraction of sp³-hybridized carbons (Fsp3) is 0.250. The van der Waals surface area contributed by atoms with Gasteiger partial charge in [-0.1, -0.05) is 37.9 Å². The van der Waals surface area contributed by atoms with E-state index in [9.17, 15) is 0 Å². The monoisotopic (exact) mass is 396 g/mol. The molecule has 0 bridgehead atoms. The fourth-order valence-electron chi connectivity index (χ4n) is 2.34. The van der Waals surface area contributed by atoms with Gasteiger partial charge in [-0.15, -0.1) is 0 Å². The zero-order valence-corrected chi connectivity index (χ0v) is 14.3. The molecule has 20 heavy (non-hydrogen) atoms. The van der Waals surface area contributed by atoms with Crippen LogP contribution >= 0.6 is 31.9 Å². The summed E-state index contributed by atoms with van der Waals surface area (Å²) >= 11 is 7.02. The van der Waals surface area contributed by atoms with Gasteiger partial charge in [0.05, 0.1) is 6.61 Å². The van der Waals surface area contributed by atoms with E-state index in [4.69, 9.17) is 9.47 Å². The number of ether oxygens (including phenoxy) is 2. The second kappa shape index (κ2) is 5.78. The van der Waals surface area contributed by atoms with Gasteiger partial charge in [-0.05, 0) is 42.3 Å². The van der Waals surface area contributed by atoms with Crippen molar-refractivity contribution < 1.29 is 9.47 Å². The SMILES string of the molecule is Cc1ccc(Br)cc1OCc1cc(Br)cc2c1OCC2. The maximum absolute atomic E-state index is 5.95. The van der Waals surface area contributed by atoms with E-state index in [1.807, 2.05) is 25.1 Å². The first kappa shape index (κ1) is 14.0. The Kier molecular flexibility index (Phi) is 4.03. The van der Waals surface area contributed by atoms with E-state index in [1.54, 1.807) is 0 Å². The van der Waals surface area contributed by atoms with Crippen LogP contribution in [0.1, 0.15) is 16.7 Å². The summed E-state index contributed by atoms with van der Waals surface area (Å²) in [5, 5.41) is 0. The van der Waals surface area contributed by atoms with E-state index in [0.717, 1.165) is 44.6 Å². The van der Waals surface area contributed by atoms with Crippen molar-refractivity contribution in [2.75, 3.05) is 6.61 Å². The smallest absolute Gasteiger partial charge is 0.129 e. The molecule has 0 radical (unpaired) electrons. The third kappa shape index (κ3) is 2.86. The van der Waals surface area contributed by atoms with Crippen LogP contribution in [0.2, 0.25) is 0 Å². The van der Waals surface area contributed by atoms with Crippen molar-refractivity contribution in [3.63, 3.8) is 0 Å². The van der Waals surface area contributed by atoms with Gasteiger partial charge in [-0.25, -0.2) is 0 Å². The molecule has 4 heteroatoms. The number of fused-ring (bicyclic) bond motifs is 1. The normalized spacial score (nSPS) is 12.9. The Morgan fingerprint density at radius 1 is 1.15 bits per heavy atom. The Morgan fingerprint density at radius 3 is 2.85 bits per heavy atom. The Labute approximate surface area is 135 Å². The molecule has 2 aromatic carbocycles. The van der Waals surface area contributed by atoms with Crippen molar-refractivity contribution in [1.29, 1.82) is 0 Å². The maximum atomic E-state index is 5.95. The van der Waals surface area contributed by atoms with Crippen LogP contribution in [0, 0.1) is 6.92 Å². The van der Waals surface area contributed by atoms with Gasteiger partial charge in [0.25, 0.3) is 0 Å². The van der Waals surface area contributed by atoms with Crippen molar-refractivity contribution in [3.8, 4) is 11.5 Å². The molecule has 0 aromatic heterocycles. The Balaban J connectivity index is 1.84. The number of halogens is 2. The van der Waals surface area contributed by atoms with E-state index in [0.29, 0.717) is 6.61 Å². The molecule has 0 fully saturated rings. The van der Waals surface area contributed by atoms with Gasteiger partial charge < -0.3 is 9.47 Å². The molecule has 104 valence electrons. The largest absolute Gasteiger partial charge is 0.493 e. The Morgan fingerprint density at radius 2 is 2.00 bits per heavy atom. The predicted molar refractivity (Wildman–Crippen MR) is 86.6 cm³/mol. The van der Waals surface area contributed by atoms with E-state index < -0.39 is 0 Å². The lowest BCUT2D eigenvalue weighted by Gasteiger charge is -2.12. The topological polar surface area (TPSA) is 18.5 Å². The first-order chi connectivity index (χ1) is 9.63. The molecule has 0 aliphatic carbocycles. The minimum Gasteiger partial charge on any atom is -0.493 e. The number of aryl methyl sites for hydroxylation is 1. The summed E-state index contributed by atoms with van der Waals surface area (Å²) in [7, 11) is 0. The van der Waals surface area contributed by atoms with Crippen molar-refractivity contribution in [2.45, 2.75) is 20.0 Å². The number of benzene rings is 2. The zero-order valence-electron chi connectivity index (χ0n) is 11.1. The third-order valence-corrected chi connectivity index (χ3v) is 4.31. The summed E-state index contributed by atoms with van der Waals surface area (Å²) in [6.45, 7) is 3.32. The lowest BCUT2D eigenvalue weighted by atomic mass is 10.1. The molecule has 0 saturated carbocycles. The molecule has 2 nitrogen and oxygen atoms in total. The van der Waals surface area contributed by atoms with Crippen molar-refractivity contribution >= 4 is 31.9 Å². The van der Waals surface area contributed by atoms with Crippen molar-refractivity contribution in [2.24, 2.45) is 0 Å². The zero-order chi connectivity index (χ0) is 14.1. The molecule has 0 atom stereocenters. The van der Waals surface area contributed by atoms with Gasteiger partial charge in [0, 0.05) is 20.9 Å². The van der Waals surface area contributed by atoms with Gasteiger partial charge in [0.1, 0.15) is 18.1 Å². The highest BCUT2D eigenvalue weighted by atomic mass is 79.9. The van der Waals surface area contributed by atoms with Crippen LogP contribution in [0.25, 0.3) is 0 Å². The average Bonchev–Trinajstić information content (AvgIpc) is 2.87.